The lowest BCUT2D eigenvalue weighted by Gasteiger charge is -2.19. The van der Waals surface area contributed by atoms with Crippen LogP contribution in [0.15, 0.2) is 60.7 Å². The fourth-order valence-corrected chi connectivity index (χ4v) is 4.23. The van der Waals surface area contributed by atoms with Gasteiger partial charge in [0.05, 0.1) is 0 Å². The van der Waals surface area contributed by atoms with Gasteiger partial charge in [0, 0.05) is 12.0 Å². The van der Waals surface area contributed by atoms with Crippen molar-refractivity contribution in [3.8, 4) is 11.1 Å². The molecule has 0 fully saturated rings. The summed E-state index contributed by atoms with van der Waals surface area (Å²) in [5, 5.41) is 4.15. The SMILES string of the molecule is O=C1CCCc2c1ccc1c2cc(-c2ccc(F)c(F)c2)c2ccccc21. The van der Waals surface area contributed by atoms with E-state index in [1.807, 2.05) is 42.5 Å². The lowest BCUT2D eigenvalue weighted by atomic mass is 9.84. The summed E-state index contributed by atoms with van der Waals surface area (Å²) >= 11 is 0. The lowest BCUT2D eigenvalue weighted by Crippen LogP contribution is -2.11. The zero-order chi connectivity index (χ0) is 18.5. The Bertz CT molecular complexity index is 1240. The third-order valence-corrected chi connectivity index (χ3v) is 5.51. The highest BCUT2D eigenvalue weighted by Gasteiger charge is 2.21. The van der Waals surface area contributed by atoms with Gasteiger partial charge in [-0.25, -0.2) is 8.78 Å². The molecule has 0 amide bonds. The van der Waals surface area contributed by atoms with Crippen LogP contribution in [0.5, 0.6) is 0 Å². The molecule has 0 saturated heterocycles. The molecule has 1 nitrogen and oxygen atoms in total. The highest BCUT2D eigenvalue weighted by molar-refractivity contribution is 6.16. The second kappa shape index (κ2) is 5.98. The molecule has 5 rings (SSSR count). The standard InChI is InChI=1S/C24H16F2O/c25-22-11-8-14(12-23(22)26)20-13-21-17-6-3-7-24(27)19(17)10-9-18(21)15-4-1-2-5-16(15)20/h1-2,4-5,8-13H,3,6-7H2. The molecule has 4 aromatic carbocycles. The maximum Gasteiger partial charge on any atom is 0.163 e. The van der Waals surface area contributed by atoms with Crippen molar-refractivity contribution in [3.05, 3.63) is 83.4 Å². The molecule has 0 unspecified atom stereocenters. The fraction of sp³-hybridized carbons (Fsp3) is 0.125. The van der Waals surface area contributed by atoms with Crippen LogP contribution in [0.1, 0.15) is 28.8 Å². The van der Waals surface area contributed by atoms with E-state index in [0.29, 0.717) is 12.0 Å². The number of halogens is 2. The van der Waals surface area contributed by atoms with Crippen molar-refractivity contribution in [2.24, 2.45) is 0 Å². The Morgan fingerprint density at radius 1 is 0.667 bits per heavy atom. The number of ketones is 1. The van der Waals surface area contributed by atoms with Crippen molar-refractivity contribution in [1.82, 2.24) is 0 Å². The van der Waals surface area contributed by atoms with E-state index in [4.69, 9.17) is 0 Å². The summed E-state index contributed by atoms with van der Waals surface area (Å²) in [4.78, 5) is 12.3. The van der Waals surface area contributed by atoms with Crippen LogP contribution in [0.25, 0.3) is 32.7 Å². The first kappa shape index (κ1) is 16.1. The Hall–Kier alpha value is -3.07. The van der Waals surface area contributed by atoms with Gasteiger partial charge in [-0.15, -0.1) is 0 Å². The quantitative estimate of drug-likeness (QED) is 0.357. The Balaban J connectivity index is 1.91. The summed E-state index contributed by atoms with van der Waals surface area (Å²) < 4.78 is 27.3. The second-order valence-electron chi connectivity index (χ2n) is 7.06. The molecule has 1 aliphatic rings. The van der Waals surface area contributed by atoms with Crippen molar-refractivity contribution in [1.29, 1.82) is 0 Å². The molecule has 0 saturated carbocycles. The van der Waals surface area contributed by atoms with Gasteiger partial charge < -0.3 is 0 Å². The van der Waals surface area contributed by atoms with E-state index in [9.17, 15) is 13.6 Å². The zero-order valence-corrected chi connectivity index (χ0v) is 14.6. The Morgan fingerprint density at radius 3 is 2.26 bits per heavy atom. The number of carbonyl (C=O) groups is 1. The van der Waals surface area contributed by atoms with Crippen molar-refractivity contribution < 1.29 is 13.6 Å². The van der Waals surface area contributed by atoms with Gasteiger partial charge in [-0.3, -0.25) is 4.79 Å². The topological polar surface area (TPSA) is 17.1 Å². The van der Waals surface area contributed by atoms with Crippen LogP contribution in [0.3, 0.4) is 0 Å². The highest BCUT2D eigenvalue weighted by Crippen LogP contribution is 2.39. The van der Waals surface area contributed by atoms with Crippen LogP contribution in [0.4, 0.5) is 8.78 Å². The molecule has 1 aliphatic carbocycles. The predicted octanol–water partition coefficient (Wildman–Crippen LogP) is 6.46. The van der Waals surface area contributed by atoms with Crippen molar-refractivity contribution in [2.75, 3.05) is 0 Å². The summed E-state index contributed by atoms with van der Waals surface area (Å²) in [5.74, 6) is -1.53. The summed E-state index contributed by atoms with van der Waals surface area (Å²) in [5.41, 5.74) is 3.34. The van der Waals surface area contributed by atoms with E-state index in [1.54, 1.807) is 6.07 Å². The minimum atomic E-state index is -0.859. The molecular formula is C24H16F2O. The smallest absolute Gasteiger partial charge is 0.163 e. The van der Waals surface area contributed by atoms with Crippen LogP contribution in [0, 0.1) is 11.6 Å². The first-order valence-electron chi connectivity index (χ1n) is 9.09. The molecule has 3 heteroatoms. The number of hydrogen-bond acceptors (Lipinski definition) is 1. The Morgan fingerprint density at radius 2 is 1.44 bits per heavy atom. The number of carbonyl (C=O) groups excluding carboxylic acids is 1. The molecule has 132 valence electrons. The van der Waals surface area contributed by atoms with Crippen LogP contribution < -0.4 is 0 Å². The van der Waals surface area contributed by atoms with Crippen molar-refractivity contribution in [3.63, 3.8) is 0 Å². The number of fused-ring (bicyclic) bond motifs is 5. The monoisotopic (exact) mass is 358 g/mol. The molecule has 0 aromatic heterocycles. The van der Waals surface area contributed by atoms with Crippen LogP contribution in [-0.4, -0.2) is 5.78 Å². The maximum absolute atomic E-state index is 13.9. The first-order chi connectivity index (χ1) is 13.1. The molecule has 0 atom stereocenters. The van der Waals surface area contributed by atoms with Gasteiger partial charge >= 0.3 is 0 Å². The highest BCUT2D eigenvalue weighted by atomic mass is 19.2. The van der Waals surface area contributed by atoms with E-state index >= 15 is 0 Å². The summed E-state index contributed by atoms with van der Waals surface area (Å²) in [6.07, 6.45) is 2.29. The minimum absolute atomic E-state index is 0.181. The van der Waals surface area contributed by atoms with E-state index in [0.717, 1.165) is 57.1 Å². The summed E-state index contributed by atoms with van der Waals surface area (Å²) in [6.45, 7) is 0. The van der Waals surface area contributed by atoms with E-state index < -0.39 is 11.6 Å². The summed E-state index contributed by atoms with van der Waals surface area (Å²) in [6, 6.07) is 17.9. The molecule has 0 N–H and O–H groups in total. The number of Topliss-reactive ketones (excluding diaryl/α,β-unsaturated/α-hetero) is 1. The van der Waals surface area contributed by atoms with Crippen LogP contribution in [0.2, 0.25) is 0 Å². The van der Waals surface area contributed by atoms with Gasteiger partial charge in [0.15, 0.2) is 17.4 Å². The molecule has 0 spiro atoms. The van der Waals surface area contributed by atoms with E-state index in [1.165, 1.54) is 6.07 Å². The number of rotatable bonds is 1. The fourth-order valence-electron chi connectivity index (χ4n) is 4.23. The molecule has 4 aromatic rings. The first-order valence-corrected chi connectivity index (χ1v) is 9.09. The lowest BCUT2D eigenvalue weighted by molar-refractivity contribution is 0.0973. The third-order valence-electron chi connectivity index (χ3n) is 5.51. The van der Waals surface area contributed by atoms with Crippen molar-refractivity contribution in [2.45, 2.75) is 19.3 Å². The number of aryl methyl sites for hydroxylation is 1. The average molecular weight is 358 g/mol. The van der Waals surface area contributed by atoms with Crippen molar-refractivity contribution >= 4 is 27.3 Å². The zero-order valence-electron chi connectivity index (χ0n) is 14.6. The van der Waals surface area contributed by atoms with Crippen LogP contribution >= 0.6 is 0 Å². The molecule has 0 bridgehead atoms. The second-order valence-corrected chi connectivity index (χ2v) is 7.06. The summed E-state index contributed by atoms with van der Waals surface area (Å²) in [7, 11) is 0. The van der Waals surface area contributed by atoms with E-state index in [-0.39, 0.29) is 5.78 Å². The molecule has 27 heavy (non-hydrogen) atoms. The predicted molar refractivity (Wildman–Crippen MR) is 104 cm³/mol. The van der Waals surface area contributed by atoms with Gasteiger partial charge in [-0.2, -0.15) is 0 Å². The van der Waals surface area contributed by atoms with E-state index in [2.05, 4.69) is 0 Å². The van der Waals surface area contributed by atoms with Gasteiger partial charge in [0.1, 0.15) is 0 Å². The molecule has 0 aliphatic heterocycles. The Labute approximate surface area is 155 Å². The number of benzene rings is 4. The molecule has 0 heterocycles. The Kier molecular flexibility index (Phi) is 3.57. The molecular weight excluding hydrogens is 342 g/mol. The molecule has 0 radical (unpaired) electrons. The van der Waals surface area contributed by atoms with Crippen LogP contribution in [-0.2, 0) is 6.42 Å². The maximum atomic E-state index is 13.9. The third kappa shape index (κ3) is 2.46. The van der Waals surface area contributed by atoms with Gasteiger partial charge in [-0.1, -0.05) is 42.5 Å². The van der Waals surface area contributed by atoms with Gasteiger partial charge in [-0.05, 0) is 69.3 Å². The minimum Gasteiger partial charge on any atom is -0.294 e. The van der Waals surface area contributed by atoms with Gasteiger partial charge in [0.25, 0.3) is 0 Å². The normalized spacial score (nSPS) is 13.9. The van der Waals surface area contributed by atoms with Gasteiger partial charge in [0.2, 0.25) is 0 Å². The number of hydrogen-bond donors (Lipinski definition) is 0. The average Bonchev–Trinajstić information content (AvgIpc) is 2.69. The largest absolute Gasteiger partial charge is 0.294 e.